The van der Waals surface area contributed by atoms with Gasteiger partial charge in [0.05, 0.1) is 23.3 Å². The fourth-order valence-corrected chi connectivity index (χ4v) is 2.68. The Morgan fingerprint density at radius 3 is 1.51 bits per heavy atom. The highest BCUT2D eigenvalue weighted by Crippen LogP contribution is 2.05. The zero-order chi connectivity index (χ0) is 27.1. The number of hydrogen-bond donors (Lipinski definition) is 4. The van der Waals surface area contributed by atoms with Crippen LogP contribution in [-0.2, 0) is 0 Å². The number of carbonyl (C=O) groups is 2. The highest BCUT2D eigenvalue weighted by atomic mass is 16.4. The highest BCUT2D eigenvalue weighted by molar-refractivity contribution is 5.87. The van der Waals surface area contributed by atoms with Gasteiger partial charge in [0.15, 0.2) is 0 Å². The van der Waals surface area contributed by atoms with Crippen molar-refractivity contribution >= 4 is 11.9 Å². The van der Waals surface area contributed by atoms with Crippen LogP contribution in [0.25, 0.3) is 0 Å². The van der Waals surface area contributed by atoms with Crippen LogP contribution in [0.1, 0.15) is 86.9 Å². The lowest BCUT2D eigenvalue weighted by Crippen LogP contribution is -2.13. The average Bonchev–Trinajstić information content (AvgIpc) is 2.81. The molecule has 2 atom stereocenters. The molecule has 0 aromatic heterocycles. The number of benzene rings is 2. The van der Waals surface area contributed by atoms with Gasteiger partial charge in [-0.25, -0.2) is 9.59 Å². The van der Waals surface area contributed by atoms with Gasteiger partial charge < -0.3 is 20.4 Å². The van der Waals surface area contributed by atoms with Crippen LogP contribution in [-0.4, -0.2) is 44.6 Å². The van der Waals surface area contributed by atoms with E-state index in [1.807, 2.05) is 13.0 Å². The van der Waals surface area contributed by atoms with E-state index in [0.29, 0.717) is 17.5 Å². The Hall–Kier alpha value is -2.96. The number of allylic oxidation sites excluding steroid dienone is 1. The number of unbranched alkanes of at least 4 members (excludes halogenated alkanes) is 1. The van der Waals surface area contributed by atoms with Crippen LogP contribution in [0.15, 0.2) is 73.3 Å². The monoisotopic (exact) mass is 488 g/mol. The molecule has 2 rings (SSSR count). The quantitative estimate of drug-likeness (QED) is 0.219. The van der Waals surface area contributed by atoms with Gasteiger partial charge in [0.1, 0.15) is 0 Å². The molecule has 35 heavy (non-hydrogen) atoms. The van der Waals surface area contributed by atoms with Crippen molar-refractivity contribution in [1.82, 2.24) is 0 Å². The topological polar surface area (TPSA) is 115 Å². The minimum atomic E-state index is -0.879. The number of aromatic carboxylic acids is 2. The molecule has 0 aliphatic carbocycles. The smallest absolute Gasteiger partial charge is 0.335 e. The van der Waals surface area contributed by atoms with Crippen LogP contribution in [0.4, 0.5) is 0 Å². The van der Waals surface area contributed by atoms with E-state index < -0.39 is 11.9 Å². The molecule has 0 amide bonds. The fraction of sp³-hybridized carbons (Fsp3) is 0.448. The molecule has 0 aliphatic rings. The Morgan fingerprint density at radius 2 is 1.26 bits per heavy atom. The zero-order valence-electron chi connectivity index (χ0n) is 21.6. The molecule has 2 unspecified atom stereocenters. The third-order valence-corrected chi connectivity index (χ3v) is 4.47. The summed E-state index contributed by atoms with van der Waals surface area (Å²) in [5.41, 5.74) is 0.662. The number of rotatable bonds is 10. The predicted molar refractivity (Wildman–Crippen MR) is 143 cm³/mol. The summed E-state index contributed by atoms with van der Waals surface area (Å²) < 4.78 is 0. The number of aliphatic hydroxyl groups excluding tert-OH is 2. The lowest BCUT2D eigenvalue weighted by Gasteiger charge is -2.09. The van der Waals surface area contributed by atoms with Crippen molar-refractivity contribution in [2.24, 2.45) is 5.92 Å². The molecule has 0 spiro atoms. The first-order valence-corrected chi connectivity index (χ1v) is 12.1. The van der Waals surface area contributed by atoms with Crippen molar-refractivity contribution in [2.45, 2.75) is 78.4 Å². The summed E-state index contributed by atoms with van der Waals surface area (Å²) in [4.78, 5) is 20.4. The van der Waals surface area contributed by atoms with Crippen molar-refractivity contribution in [3.05, 3.63) is 84.4 Å². The molecule has 0 saturated heterocycles. The van der Waals surface area contributed by atoms with Crippen molar-refractivity contribution < 1.29 is 30.0 Å². The van der Waals surface area contributed by atoms with Gasteiger partial charge >= 0.3 is 11.9 Å². The van der Waals surface area contributed by atoms with E-state index in [1.54, 1.807) is 67.6 Å². The standard InChI is InChI=1S/C8H16.2C7H6O2.C7H16O2/c1-4-5-6-7-8(2)3;2*8-7(9)6-4-2-1-3-5-6;1-3-4-7(9)5-6(2)8/h4,8H,1,5-7H2,2-3H3;2*1-5H,(H,8,9);6-9H,3-5H2,1-2H3. The maximum Gasteiger partial charge on any atom is 0.335 e. The zero-order valence-corrected chi connectivity index (χ0v) is 21.6. The summed E-state index contributed by atoms with van der Waals surface area (Å²) in [7, 11) is 0. The summed E-state index contributed by atoms with van der Waals surface area (Å²) in [6.07, 6.45) is 7.42. The predicted octanol–water partition coefficient (Wildman–Crippen LogP) is 6.69. The van der Waals surface area contributed by atoms with Gasteiger partial charge in [-0.15, -0.1) is 6.58 Å². The Labute approximate surface area is 211 Å². The second-order valence-corrected chi connectivity index (χ2v) is 8.48. The molecule has 0 bridgehead atoms. The van der Waals surface area contributed by atoms with Crippen LogP contribution in [0.2, 0.25) is 0 Å². The van der Waals surface area contributed by atoms with Gasteiger partial charge in [-0.2, -0.15) is 0 Å². The van der Waals surface area contributed by atoms with E-state index in [9.17, 15) is 9.59 Å². The lowest BCUT2D eigenvalue weighted by molar-refractivity contribution is 0.0686. The van der Waals surface area contributed by atoms with Gasteiger partial charge in [0, 0.05) is 0 Å². The Bertz CT molecular complexity index is 723. The van der Waals surface area contributed by atoms with Crippen molar-refractivity contribution in [3.8, 4) is 0 Å². The van der Waals surface area contributed by atoms with Crippen LogP contribution in [0, 0.1) is 5.92 Å². The van der Waals surface area contributed by atoms with Gasteiger partial charge in [-0.1, -0.05) is 76.1 Å². The second-order valence-electron chi connectivity index (χ2n) is 8.48. The summed E-state index contributed by atoms with van der Waals surface area (Å²) in [6, 6.07) is 16.6. The van der Waals surface area contributed by atoms with Gasteiger partial charge in [-0.05, 0) is 62.8 Å². The second kappa shape index (κ2) is 22.8. The van der Waals surface area contributed by atoms with Gasteiger partial charge in [0.2, 0.25) is 0 Å². The molecule has 2 aromatic rings. The molecule has 0 fully saturated rings. The molecule has 0 heterocycles. The highest BCUT2D eigenvalue weighted by Gasteiger charge is 2.05. The number of hydrogen-bond acceptors (Lipinski definition) is 4. The van der Waals surface area contributed by atoms with Crippen LogP contribution in [0.5, 0.6) is 0 Å². The molecule has 6 heteroatoms. The molecular formula is C29H44O6. The average molecular weight is 489 g/mol. The van der Waals surface area contributed by atoms with Crippen molar-refractivity contribution in [3.63, 3.8) is 0 Å². The first-order chi connectivity index (χ1) is 16.5. The number of aliphatic hydroxyl groups is 2. The van der Waals surface area contributed by atoms with Gasteiger partial charge in [0.25, 0.3) is 0 Å². The minimum absolute atomic E-state index is 0.310. The van der Waals surface area contributed by atoms with Crippen LogP contribution >= 0.6 is 0 Å². The molecule has 0 saturated carbocycles. The normalized spacial score (nSPS) is 11.3. The third kappa shape index (κ3) is 24.0. The maximum atomic E-state index is 10.2. The first kappa shape index (κ1) is 34.2. The first-order valence-electron chi connectivity index (χ1n) is 12.1. The SMILES string of the molecule is C=CCCCC(C)C.CCCC(O)CC(C)O.O=C(O)c1ccccc1.O=C(O)c1ccccc1. The molecule has 6 nitrogen and oxygen atoms in total. The molecule has 0 radical (unpaired) electrons. The maximum absolute atomic E-state index is 10.2. The Morgan fingerprint density at radius 1 is 0.829 bits per heavy atom. The molecule has 0 aliphatic heterocycles. The van der Waals surface area contributed by atoms with E-state index in [2.05, 4.69) is 20.4 Å². The fourth-order valence-electron chi connectivity index (χ4n) is 2.68. The third-order valence-electron chi connectivity index (χ3n) is 4.47. The largest absolute Gasteiger partial charge is 0.478 e. The summed E-state index contributed by atoms with van der Waals surface area (Å²) in [6.45, 7) is 11.9. The Kier molecular flexibility index (Phi) is 22.3. The van der Waals surface area contributed by atoms with Gasteiger partial charge in [-0.3, -0.25) is 0 Å². The molecular weight excluding hydrogens is 444 g/mol. The van der Waals surface area contributed by atoms with E-state index in [-0.39, 0.29) is 12.2 Å². The molecule has 196 valence electrons. The number of carboxylic acids is 2. The van der Waals surface area contributed by atoms with E-state index in [1.165, 1.54) is 19.3 Å². The lowest BCUT2D eigenvalue weighted by atomic mass is 10.1. The van der Waals surface area contributed by atoms with Crippen molar-refractivity contribution in [1.29, 1.82) is 0 Å². The molecule has 4 N–H and O–H groups in total. The van der Waals surface area contributed by atoms with E-state index in [4.69, 9.17) is 20.4 Å². The van der Waals surface area contributed by atoms with Crippen LogP contribution in [0.3, 0.4) is 0 Å². The summed E-state index contributed by atoms with van der Waals surface area (Å²) in [5.74, 6) is -0.902. The van der Waals surface area contributed by atoms with Crippen molar-refractivity contribution in [2.75, 3.05) is 0 Å². The summed E-state index contributed by atoms with van der Waals surface area (Å²) >= 11 is 0. The number of carboxylic acid groups (broad SMARTS) is 2. The van der Waals surface area contributed by atoms with E-state index in [0.717, 1.165) is 18.8 Å². The minimum Gasteiger partial charge on any atom is -0.478 e. The van der Waals surface area contributed by atoms with E-state index >= 15 is 0 Å². The molecule has 2 aromatic carbocycles. The van der Waals surface area contributed by atoms with Crippen LogP contribution < -0.4 is 0 Å². The summed E-state index contributed by atoms with van der Waals surface area (Å²) in [5, 5.41) is 34.6. The Balaban J connectivity index is 0.